The Morgan fingerprint density at radius 1 is 0.885 bits per heavy atom. The molecule has 3 rings (SSSR count). The van der Waals surface area contributed by atoms with Crippen molar-refractivity contribution in [3.63, 3.8) is 0 Å². The van der Waals surface area contributed by atoms with Gasteiger partial charge in [-0.2, -0.15) is 0 Å². The zero-order valence-corrected chi connectivity index (χ0v) is 15.3. The van der Waals surface area contributed by atoms with Crippen LogP contribution in [0, 0.1) is 0 Å². The summed E-state index contributed by atoms with van der Waals surface area (Å²) in [5.74, 6) is 0.878. The highest BCUT2D eigenvalue weighted by molar-refractivity contribution is 5.70. The summed E-state index contributed by atoms with van der Waals surface area (Å²) >= 11 is 0. The largest absolute Gasteiger partial charge is 0.496 e. The highest BCUT2D eigenvalue weighted by Gasteiger charge is 2.11. The Bertz CT molecular complexity index is 815. The van der Waals surface area contributed by atoms with E-state index < -0.39 is 6.10 Å². The van der Waals surface area contributed by atoms with Crippen LogP contribution in [0.4, 0.5) is 0 Å². The minimum Gasteiger partial charge on any atom is -0.496 e. The second kappa shape index (κ2) is 8.65. The highest BCUT2D eigenvalue weighted by atomic mass is 16.5. The molecule has 1 N–H and O–H groups in total. The molecule has 26 heavy (non-hydrogen) atoms. The molecule has 0 aliphatic carbocycles. The van der Waals surface area contributed by atoms with Crippen molar-refractivity contribution in [3.8, 4) is 16.9 Å². The topological polar surface area (TPSA) is 32.7 Å². The number of likely N-dealkylation sites (N-methyl/N-ethyl adjacent to an activating group) is 1. The molecule has 0 bridgehead atoms. The van der Waals surface area contributed by atoms with Gasteiger partial charge >= 0.3 is 0 Å². The van der Waals surface area contributed by atoms with Crippen LogP contribution >= 0.6 is 0 Å². The fraction of sp³-hybridized carbons (Fsp3) is 0.217. The van der Waals surface area contributed by atoms with Crippen LogP contribution in [-0.4, -0.2) is 30.7 Å². The first-order valence-electron chi connectivity index (χ1n) is 8.81. The zero-order valence-electron chi connectivity index (χ0n) is 15.3. The predicted octanol–water partition coefficient (Wildman–Crippen LogP) is 4.53. The summed E-state index contributed by atoms with van der Waals surface area (Å²) in [5, 5.41) is 10.4. The summed E-state index contributed by atoms with van der Waals surface area (Å²) in [7, 11) is 3.72. The van der Waals surface area contributed by atoms with Gasteiger partial charge in [0.25, 0.3) is 0 Å². The summed E-state index contributed by atoms with van der Waals surface area (Å²) in [6.45, 7) is 1.38. The number of aliphatic hydroxyl groups is 1. The Labute approximate surface area is 155 Å². The van der Waals surface area contributed by atoms with Crippen molar-refractivity contribution in [2.75, 3.05) is 20.7 Å². The molecule has 0 spiro atoms. The maximum atomic E-state index is 10.4. The predicted molar refractivity (Wildman–Crippen MR) is 106 cm³/mol. The summed E-state index contributed by atoms with van der Waals surface area (Å²) in [6.07, 6.45) is -0.478. The second-order valence-electron chi connectivity index (χ2n) is 6.52. The Balaban J connectivity index is 1.64. The summed E-state index contributed by atoms with van der Waals surface area (Å²) in [6, 6.07) is 26.3. The molecule has 3 aromatic rings. The monoisotopic (exact) mass is 347 g/mol. The highest BCUT2D eigenvalue weighted by Crippen LogP contribution is 2.29. The maximum Gasteiger partial charge on any atom is 0.126 e. The Morgan fingerprint density at radius 2 is 1.54 bits per heavy atom. The van der Waals surface area contributed by atoms with E-state index in [4.69, 9.17) is 4.74 Å². The molecule has 1 atom stereocenters. The molecule has 3 nitrogen and oxygen atoms in total. The normalized spacial score (nSPS) is 12.2. The molecule has 3 heteroatoms. The van der Waals surface area contributed by atoms with E-state index in [1.54, 1.807) is 7.11 Å². The number of hydrogen-bond donors (Lipinski definition) is 1. The van der Waals surface area contributed by atoms with Gasteiger partial charge in [-0.3, -0.25) is 4.90 Å². The molecule has 0 radical (unpaired) electrons. The van der Waals surface area contributed by atoms with Gasteiger partial charge in [0.15, 0.2) is 0 Å². The van der Waals surface area contributed by atoms with Crippen molar-refractivity contribution in [3.05, 3.63) is 90.0 Å². The van der Waals surface area contributed by atoms with Gasteiger partial charge in [0, 0.05) is 18.7 Å². The quantitative estimate of drug-likeness (QED) is 0.682. The molecule has 3 aromatic carbocycles. The van der Waals surface area contributed by atoms with Gasteiger partial charge in [-0.05, 0) is 29.8 Å². The molecular formula is C23H25NO2. The Kier molecular flexibility index (Phi) is 6.05. The molecule has 0 fully saturated rings. The molecule has 0 aromatic heterocycles. The number of rotatable bonds is 7. The van der Waals surface area contributed by atoms with E-state index in [0.29, 0.717) is 6.54 Å². The third kappa shape index (κ3) is 4.51. The maximum absolute atomic E-state index is 10.4. The smallest absolute Gasteiger partial charge is 0.126 e. The van der Waals surface area contributed by atoms with E-state index in [2.05, 4.69) is 35.2 Å². The summed E-state index contributed by atoms with van der Waals surface area (Å²) in [4.78, 5) is 2.13. The molecule has 0 aliphatic heterocycles. The van der Waals surface area contributed by atoms with Gasteiger partial charge < -0.3 is 9.84 Å². The Morgan fingerprint density at radius 3 is 2.23 bits per heavy atom. The van der Waals surface area contributed by atoms with Crippen molar-refractivity contribution in [1.82, 2.24) is 4.90 Å². The first-order valence-corrected chi connectivity index (χ1v) is 8.81. The number of aliphatic hydroxyl groups excluding tert-OH is 1. The third-order valence-corrected chi connectivity index (χ3v) is 4.49. The van der Waals surface area contributed by atoms with Gasteiger partial charge in [0.05, 0.1) is 13.2 Å². The molecule has 1 unspecified atom stereocenters. The molecule has 0 amide bonds. The molecule has 0 saturated heterocycles. The fourth-order valence-electron chi connectivity index (χ4n) is 3.12. The molecule has 134 valence electrons. The van der Waals surface area contributed by atoms with E-state index in [9.17, 15) is 5.11 Å². The van der Waals surface area contributed by atoms with Crippen molar-refractivity contribution >= 4 is 0 Å². The van der Waals surface area contributed by atoms with Crippen LogP contribution in [0.3, 0.4) is 0 Å². The van der Waals surface area contributed by atoms with E-state index in [1.165, 1.54) is 5.56 Å². The lowest BCUT2D eigenvalue weighted by atomic mass is 10.0. The van der Waals surface area contributed by atoms with E-state index in [0.717, 1.165) is 29.0 Å². The molecule has 0 aliphatic rings. The van der Waals surface area contributed by atoms with E-state index in [-0.39, 0.29) is 0 Å². The Hall–Kier alpha value is -2.62. The summed E-state index contributed by atoms with van der Waals surface area (Å²) in [5.41, 5.74) is 4.39. The molecule has 0 saturated carbocycles. The van der Waals surface area contributed by atoms with Crippen LogP contribution in [0.5, 0.6) is 5.75 Å². The van der Waals surface area contributed by atoms with Gasteiger partial charge in [0.1, 0.15) is 5.75 Å². The molecular weight excluding hydrogens is 322 g/mol. The average molecular weight is 347 g/mol. The van der Waals surface area contributed by atoms with Crippen molar-refractivity contribution < 1.29 is 9.84 Å². The number of methoxy groups -OCH3 is 1. The number of hydrogen-bond acceptors (Lipinski definition) is 3. The number of ether oxygens (including phenoxy) is 1. The van der Waals surface area contributed by atoms with Gasteiger partial charge in [-0.1, -0.05) is 72.8 Å². The summed E-state index contributed by atoms with van der Waals surface area (Å²) < 4.78 is 5.44. The second-order valence-corrected chi connectivity index (χ2v) is 6.52. The van der Waals surface area contributed by atoms with Crippen LogP contribution in [0.25, 0.3) is 11.1 Å². The first kappa shape index (κ1) is 18.2. The standard InChI is InChI=1S/C23H25NO2/c1-24(17-22(25)20-8-4-3-5-9-20)16-18-12-14-19(15-13-18)21-10-6-7-11-23(21)26-2/h3-15,22,25H,16-17H2,1-2H3. The van der Waals surface area contributed by atoms with Crippen molar-refractivity contribution in [2.45, 2.75) is 12.6 Å². The minimum atomic E-state index is -0.478. The van der Waals surface area contributed by atoms with E-state index in [1.807, 2.05) is 55.6 Å². The van der Waals surface area contributed by atoms with Gasteiger partial charge in [-0.25, -0.2) is 0 Å². The number of benzene rings is 3. The number of para-hydroxylation sites is 1. The lowest BCUT2D eigenvalue weighted by Gasteiger charge is -2.21. The van der Waals surface area contributed by atoms with Crippen molar-refractivity contribution in [2.24, 2.45) is 0 Å². The van der Waals surface area contributed by atoms with E-state index >= 15 is 0 Å². The van der Waals surface area contributed by atoms with Crippen molar-refractivity contribution in [1.29, 1.82) is 0 Å². The lowest BCUT2D eigenvalue weighted by molar-refractivity contribution is 0.124. The lowest BCUT2D eigenvalue weighted by Crippen LogP contribution is -2.24. The van der Waals surface area contributed by atoms with Crippen LogP contribution in [-0.2, 0) is 6.54 Å². The molecule has 0 heterocycles. The van der Waals surface area contributed by atoms with Crippen LogP contribution in [0.2, 0.25) is 0 Å². The number of nitrogens with zero attached hydrogens (tertiary/aromatic N) is 1. The minimum absolute atomic E-state index is 0.478. The first-order chi connectivity index (χ1) is 12.7. The average Bonchev–Trinajstić information content (AvgIpc) is 2.69. The van der Waals surface area contributed by atoms with Gasteiger partial charge in [-0.15, -0.1) is 0 Å². The fourth-order valence-corrected chi connectivity index (χ4v) is 3.12. The zero-order chi connectivity index (χ0) is 18.4. The van der Waals surface area contributed by atoms with Crippen LogP contribution in [0.15, 0.2) is 78.9 Å². The van der Waals surface area contributed by atoms with Crippen LogP contribution < -0.4 is 4.74 Å². The van der Waals surface area contributed by atoms with Gasteiger partial charge in [0.2, 0.25) is 0 Å². The van der Waals surface area contributed by atoms with Crippen LogP contribution in [0.1, 0.15) is 17.2 Å². The SMILES string of the molecule is COc1ccccc1-c1ccc(CN(C)CC(O)c2ccccc2)cc1. The third-order valence-electron chi connectivity index (χ3n) is 4.49.